The Kier molecular flexibility index (Phi) is 6.27. The summed E-state index contributed by atoms with van der Waals surface area (Å²) < 4.78 is 70.8. The zero-order valence-electron chi connectivity index (χ0n) is 15.2. The zero-order valence-corrected chi connectivity index (χ0v) is 15.2. The first kappa shape index (κ1) is 22.3. The van der Waals surface area contributed by atoms with E-state index in [4.69, 9.17) is 0 Å². The minimum absolute atomic E-state index is 0.0475. The van der Waals surface area contributed by atoms with Crippen LogP contribution in [0.3, 0.4) is 0 Å². The lowest BCUT2D eigenvalue weighted by Crippen LogP contribution is -2.54. The van der Waals surface area contributed by atoms with Gasteiger partial charge in [0.1, 0.15) is 17.2 Å². The van der Waals surface area contributed by atoms with Crippen LogP contribution in [-0.4, -0.2) is 35.9 Å². The Morgan fingerprint density at radius 1 is 1.10 bits per heavy atom. The maximum absolute atomic E-state index is 14.4. The molecule has 0 saturated heterocycles. The first-order chi connectivity index (χ1) is 13.4. The van der Waals surface area contributed by atoms with Crippen LogP contribution in [0.4, 0.5) is 22.0 Å². The monoisotopic (exact) mass is 417 g/mol. The molecule has 0 aliphatic rings. The molecule has 0 bridgehead atoms. The van der Waals surface area contributed by atoms with Gasteiger partial charge in [0.05, 0.1) is 7.11 Å². The van der Waals surface area contributed by atoms with Gasteiger partial charge in [0.2, 0.25) is 5.60 Å². The van der Waals surface area contributed by atoms with Crippen LogP contribution in [0, 0.1) is 11.6 Å². The van der Waals surface area contributed by atoms with Crippen LogP contribution in [0.2, 0.25) is 0 Å². The quantitative estimate of drug-likeness (QED) is 0.578. The van der Waals surface area contributed by atoms with E-state index in [-0.39, 0.29) is 23.6 Å². The molecule has 2 rings (SSSR count). The Hall–Kier alpha value is -3.01. The van der Waals surface area contributed by atoms with Crippen LogP contribution in [-0.2, 0) is 16.1 Å². The highest BCUT2D eigenvalue weighted by Gasteiger charge is 2.55. The lowest BCUT2D eigenvalue weighted by atomic mass is 9.97. The molecule has 0 heterocycles. The summed E-state index contributed by atoms with van der Waals surface area (Å²) in [5.74, 6) is -4.51. The summed E-state index contributed by atoms with van der Waals surface area (Å²) in [6.07, 6.45) is -5.21. The molecule has 156 valence electrons. The summed E-state index contributed by atoms with van der Waals surface area (Å²) in [5.41, 5.74) is -4.07. The summed E-state index contributed by atoms with van der Waals surface area (Å²) in [5, 5.41) is 11.1. The molecule has 0 unspecified atom stereocenters. The lowest BCUT2D eigenvalue weighted by molar-refractivity contribution is -0.245. The van der Waals surface area contributed by atoms with Crippen LogP contribution in [0.15, 0.2) is 36.4 Å². The maximum Gasteiger partial charge on any atom is 0.426 e. The summed E-state index contributed by atoms with van der Waals surface area (Å²) >= 11 is 0. The molecule has 0 saturated carbocycles. The Morgan fingerprint density at radius 3 is 2.31 bits per heavy atom. The van der Waals surface area contributed by atoms with Gasteiger partial charge in [-0.2, -0.15) is 13.2 Å². The molecule has 0 fully saturated rings. The SMILES string of the molecule is COC(=O)c1c(F)cccc1-c1ccc(CNC(=O)[C@](C)(O)C(F)(F)F)c(F)c1. The zero-order chi connectivity index (χ0) is 22.0. The number of hydrogen-bond donors (Lipinski definition) is 2. The normalized spacial score (nSPS) is 13.5. The average Bonchev–Trinajstić information content (AvgIpc) is 2.64. The lowest BCUT2D eigenvalue weighted by Gasteiger charge is -2.24. The van der Waals surface area contributed by atoms with Crippen molar-refractivity contribution in [1.82, 2.24) is 5.32 Å². The number of amides is 1. The molecule has 1 atom stereocenters. The van der Waals surface area contributed by atoms with Crippen LogP contribution in [0.5, 0.6) is 0 Å². The number of halogens is 5. The number of benzene rings is 2. The van der Waals surface area contributed by atoms with Crippen molar-refractivity contribution in [1.29, 1.82) is 0 Å². The predicted octanol–water partition coefficient (Wildman–Crippen LogP) is 3.35. The Balaban J connectivity index is 2.28. The second-order valence-electron chi connectivity index (χ2n) is 6.21. The van der Waals surface area contributed by atoms with Crippen molar-refractivity contribution >= 4 is 11.9 Å². The van der Waals surface area contributed by atoms with Crippen LogP contribution in [0.1, 0.15) is 22.8 Å². The third-order valence-electron chi connectivity index (χ3n) is 4.20. The number of alkyl halides is 3. The summed E-state index contributed by atoms with van der Waals surface area (Å²) in [6, 6.07) is 7.09. The summed E-state index contributed by atoms with van der Waals surface area (Å²) in [4.78, 5) is 23.4. The molecule has 0 radical (unpaired) electrons. The van der Waals surface area contributed by atoms with Gasteiger partial charge in [-0.1, -0.05) is 24.3 Å². The fourth-order valence-corrected chi connectivity index (χ4v) is 2.41. The summed E-state index contributed by atoms with van der Waals surface area (Å²) in [7, 11) is 1.06. The van der Waals surface area contributed by atoms with Gasteiger partial charge in [-0.15, -0.1) is 0 Å². The Bertz CT molecular complexity index is 941. The van der Waals surface area contributed by atoms with E-state index in [0.29, 0.717) is 0 Å². The number of nitrogens with one attached hydrogen (secondary N) is 1. The van der Waals surface area contributed by atoms with E-state index in [1.807, 2.05) is 5.32 Å². The van der Waals surface area contributed by atoms with Crippen molar-refractivity contribution < 1.29 is 41.4 Å². The Labute approximate surface area is 162 Å². The van der Waals surface area contributed by atoms with Gasteiger partial charge < -0.3 is 15.2 Å². The molecule has 2 N–H and O–H groups in total. The molecule has 2 aromatic rings. The van der Waals surface area contributed by atoms with Crippen molar-refractivity contribution in [2.75, 3.05) is 7.11 Å². The maximum atomic E-state index is 14.4. The Morgan fingerprint density at radius 2 is 1.76 bits per heavy atom. The van der Waals surface area contributed by atoms with E-state index >= 15 is 0 Å². The number of hydrogen-bond acceptors (Lipinski definition) is 4. The second kappa shape index (κ2) is 8.16. The standard InChI is InChI=1S/C19H16F5NO4/c1-18(28,19(22,23)24)17(27)25-9-11-7-6-10(8-14(11)21)12-4-3-5-13(20)15(12)16(26)29-2/h3-8,28H,9H2,1-2H3,(H,25,27)/t18-/m0/s1. The molecule has 0 aliphatic heterocycles. The van der Waals surface area contributed by atoms with Crippen molar-refractivity contribution in [2.24, 2.45) is 0 Å². The van der Waals surface area contributed by atoms with E-state index in [1.165, 1.54) is 18.2 Å². The topological polar surface area (TPSA) is 75.6 Å². The highest BCUT2D eigenvalue weighted by molar-refractivity contribution is 5.97. The van der Waals surface area contributed by atoms with Gasteiger partial charge in [-0.05, 0) is 30.2 Å². The number of rotatable bonds is 5. The van der Waals surface area contributed by atoms with Crippen LogP contribution in [0.25, 0.3) is 11.1 Å². The van der Waals surface area contributed by atoms with E-state index < -0.39 is 47.4 Å². The molecule has 2 aromatic carbocycles. The highest BCUT2D eigenvalue weighted by Crippen LogP contribution is 2.31. The second-order valence-corrected chi connectivity index (χ2v) is 6.21. The number of esters is 1. The third-order valence-corrected chi connectivity index (χ3v) is 4.20. The van der Waals surface area contributed by atoms with Crippen molar-refractivity contribution in [2.45, 2.75) is 25.2 Å². The molecule has 5 nitrogen and oxygen atoms in total. The van der Waals surface area contributed by atoms with Crippen molar-refractivity contribution in [3.05, 3.63) is 59.2 Å². The van der Waals surface area contributed by atoms with Gasteiger partial charge in [0, 0.05) is 12.1 Å². The van der Waals surface area contributed by atoms with E-state index in [2.05, 4.69) is 4.74 Å². The van der Waals surface area contributed by atoms with Gasteiger partial charge in [-0.3, -0.25) is 4.79 Å². The molecular formula is C19H16F5NO4. The number of carbonyl (C=O) groups excluding carboxylic acids is 2. The first-order valence-electron chi connectivity index (χ1n) is 8.13. The molecule has 29 heavy (non-hydrogen) atoms. The molecule has 1 amide bonds. The summed E-state index contributed by atoms with van der Waals surface area (Å²) in [6.45, 7) is -0.357. The van der Waals surface area contributed by atoms with Gasteiger partial charge >= 0.3 is 12.1 Å². The van der Waals surface area contributed by atoms with E-state index in [0.717, 1.165) is 25.3 Å². The van der Waals surface area contributed by atoms with Crippen LogP contribution >= 0.6 is 0 Å². The smallest absolute Gasteiger partial charge is 0.426 e. The molecule has 0 spiro atoms. The number of methoxy groups -OCH3 is 1. The average molecular weight is 417 g/mol. The fraction of sp³-hybridized carbons (Fsp3) is 0.263. The van der Waals surface area contributed by atoms with Gasteiger partial charge in [-0.25, -0.2) is 13.6 Å². The number of carbonyl (C=O) groups is 2. The van der Waals surface area contributed by atoms with Crippen molar-refractivity contribution in [3.8, 4) is 11.1 Å². The molecule has 0 aromatic heterocycles. The largest absolute Gasteiger partial charge is 0.465 e. The van der Waals surface area contributed by atoms with Crippen LogP contribution < -0.4 is 5.32 Å². The first-order valence-corrected chi connectivity index (χ1v) is 8.13. The fourth-order valence-electron chi connectivity index (χ4n) is 2.41. The van der Waals surface area contributed by atoms with Gasteiger partial charge in [0.25, 0.3) is 5.91 Å². The highest BCUT2D eigenvalue weighted by atomic mass is 19.4. The minimum atomic E-state index is -5.21. The van der Waals surface area contributed by atoms with E-state index in [1.54, 1.807) is 0 Å². The number of aliphatic hydroxyl groups is 1. The number of ether oxygens (including phenoxy) is 1. The van der Waals surface area contributed by atoms with E-state index in [9.17, 15) is 36.6 Å². The molecule has 0 aliphatic carbocycles. The van der Waals surface area contributed by atoms with Crippen molar-refractivity contribution in [3.63, 3.8) is 0 Å². The third kappa shape index (κ3) is 4.53. The molecule has 10 heteroatoms. The predicted molar refractivity (Wildman–Crippen MR) is 91.7 cm³/mol. The van der Waals surface area contributed by atoms with Gasteiger partial charge in [0.15, 0.2) is 0 Å². The minimum Gasteiger partial charge on any atom is -0.465 e. The molecular weight excluding hydrogens is 401 g/mol.